The lowest BCUT2D eigenvalue weighted by atomic mass is 10.1. The molecule has 172 valence electrons. The largest absolute Gasteiger partial charge is 0.442 e. The summed E-state index contributed by atoms with van der Waals surface area (Å²) in [5, 5.41) is 1.21. The van der Waals surface area contributed by atoms with Crippen LogP contribution in [0.2, 0.25) is 5.02 Å². The van der Waals surface area contributed by atoms with Crippen LogP contribution in [0.3, 0.4) is 0 Å². The zero-order valence-electron chi connectivity index (χ0n) is 19.0. The number of benzene rings is 1. The van der Waals surface area contributed by atoms with E-state index in [1.54, 1.807) is 18.5 Å². The highest BCUT2D eigenvalue weighted by molar-refractivity contribution is 7.91. The minimum atomic E-state index is -1.30. The summed E-state index contributed by atoms with van der Waals surface area (Å²) < 4.78 is 18.3. The van der Waals surface area contributed by atoms with E-state index < -0.39 is 17.3 Å². The van der Waals surface area contributed by atoms with Crippen molar-refractivity contribution < 1.29 is 14.1 Å². The maximum Gasteiger partial charge on any atom is 0.404 e. The first kappa shape index (κ1) is 25.7. The average molecular weight is 478 g/mol. The van der Waals surface area contributed by atoms with Crippen molar-refractivity contribution in [2.45, 2.75) is 63.6 Å². The Labute approximate surface area is 197 Å². The summed E-state index contributed by atoms with van der Waals surface area (Å²) in [6, 6.07) is 9.27. The summed E-state index contributed by atoms with van der Waals surface area (Å²) in [4.78, 5) is 20.6. The number of halogens is 1. The van der Waals surface area contributed by atoms with Crippen molar-refractivity contribution in [2.24, 2.45) is 5.73 Å². The fourth-order valence-corrected chi connectivity index (χ4v) is 5.06. The molecule has 1 atom stereocenters. The van der Waals surface area contributed by atoms with Crippen LogP contribution in [0.5, 0.6) is 0 Å². The van der Waals surface area contributed by atoms with Gasteiger partial charge in [-0.15, -0.1) is 0 Å². The van der Waals surface area contributed by atoms with Gasteiger partial charge in [0.05, 0.1) is 6.54 Å². The molecule has 0 bridgehead atoms. The number of carbonyl (C=O) groups is 1. The summed E-state index contributed by atoms with van der Waals surface area (Å²) in [6.07, 6.45) is 2.52. The van der Waals surface area contributed by atoms with Gasteiger partial charge in [-0.1, -0.05) is 39.3 Å². The Morgan fingerprint density at radius 2 is 1.91 bits per heavy atom. The maximum absolute atomic E-state index is 11.4. The predicted octanol–water partition coefficient (Wildman–Crippen LogP) is 5.54. The number of pyridine rings is 1. The Hall–Kier alpha value is -2.55. The minimum Gasteiger partial charge on any atom is -0.442 e. The van der Waals surface area contributed by atoms with Gasteiger partial charge in [0.1, 0.15) is 5.69 Å². The minimum absolute atomic E-state index is 0.0356. The molecule has 3 N–H and O–H groups in total. The predicted molar refractivity (Wildman–Crippen MR) is 128 cm³/mol. The molecular formula is C23H30ClN4O3S+. The van der Waals surface area contributed by atoms with Crippen molar-refractivity contribution in [3.8, 4) is 0 Å². The van der Waals surface area contributed by atoms with E-state index in [0.717, 1.165) is 16.8 Å². The zero-order chi connectivity index (χ0) is 23.8. The molecule has 9 heteroatoms. The second kappa shape index (κ2) is 11.9. The topological polar surface area (TPSA) is 103 Å². The number of carbonyl (C=O) groups excluding carboxylic acids is 1. The summed E-state index contributed by atoms with van der Waals surface area (Å²) in [5.41, 5.74) is 7.82. The number of amides is 1. The highest BCUT2D eigenvalue weighted by Gasteiger charge is 2.36. The van der Waals surface area contributed by atoms with Crippen LogP contribution in [0.4, 0.5) is 4.79 Å². The molecule has 0 fully saturated rings. The number of aryl methyl sites for hydroxylation is 1. The Balaban J connectivity index is 0.00000176. The van der Waals surface area contributed by atoms with Crippen molar-refractivity contribution in [2.75, 3.05) is 0 Å². The number of nitrogens with zero attached hydrogens (tertiary/aromatic N) is 3. The van der Waals surface area contributed by atoms with Gasteiger partial charge in [0.15, 0.2) is 17.3 Å². The normalized spacial score (nSPS) is 11.6. The van der Waals surface area contributed by atoms with Gasteiger partial charge >= 0.3 is 6.09 Å². The SMILES string of the molecule is CC.Cc1cc(Cl)cc([S+](O)c2c(C(C)C)nc(COC(N)=O)n2Cc2ccncc2)c1. The average Bonchev–Trinajstić information content (AvgIpc) is 3.11. The number of imidazole rings is 1. The molecule has 0 radical (unpaired) electrons. The van der Waals surface area contributed by atoms with E-state index in [4.69, 9.17) is 27.1 Å². The second-order valence-corrected chi connectivity index (χ2v) is 9.04. The monoisotopic (exact) mass is 477 g/mol. The lowest BCUT2D eigenvalue weighted by molar-refractivity contribution is 0.145. The first-order valence-corrected chi connectivity index (χ1v) is 11.9. The Morgan fingerprint density at radius 3 is 2.47 bits per heavy atom. The number of hydrogen-bond acceptors (Lipinski definition) is 5. The highest BCUT2D eigenvalue weighted by Crippen LogP contribution is 2.32. The number of aromatic nitrogens is 3. The van der Waals surface area contributed by atoms with E-state index in [2.05, 4.69) is 4.98 Å². The van der Waals surface area contributed by atoms with Crippen molar-refractivity contribution in [3.05, 3.63) is 70.4 Å². The Morgan fingerprint density at radius 1 is 1.25 bits per heavy atom. The maximum atomic E-state index is 11.4. The van der Waals surface area contributed by atoms with Gasteiger partial charge in [-0.3, -0.25) is 9.55 Å². The van der Waals surface area contributed by atoms with Gasteiger partial charge < -0.3 is 10.5 Å². The molecule has 32 heavy (non-hydrogen) atoms. The summed E-state index contributed by atoms with van der Waals surface area (Å²) in [6.45, 7) is 10.3. The third-order valence-corrected chi connectivity index (χ3v) is 6.12. The molecule has 1 amide bonds. The van der Waals surface area contributed by atoms with Crippen LogP contribution in [0, 0.1) is 6.92 Å². The molecule has 0 aliphatic heterocycles. The first-order valence-electron chi connectivity index (χ1n) is 10.4. The zero-order valence-corrected chi connectivity index (χ0v) is 20.6. The van der Waals surface area contributed by atoms with Gasteiger partial charge in [-0.2, -0.15) is 4.55 Å². The molecule has 3 rings (SSSR count). The standard InChI is InChI=1S/C21H23ClN4O3S.C2H6/c1-13(2)19-20(30(28)17-9-14(3)8-16(22)10-17)26(11-15-4-6-24-7-5-15)18(25-19)12-29-21(23)27;1-2/h4-10,13,28H,11-12H2,1-3H3,(H-,23,27);1-2H3/p+1. The van der Waals surface area contributed by atoms with Gasteiger partial charge in [0.2, 0.25) is 11.2 Å². The van der Waals surface area contributed by atoms with Gasteiger partial charge in [0, 0.05) is 35.5 Å². The van der Waals surface area contributed by atoms with E-state index in [-0.39, 0.29) is 12.5 Å². The molecule has 0 saturated carbocycles. The lowest BCUT2D eigenvalue weighted by Gasteiger charge is -2.11. The Kier molecular flexibility index (Phi) is 9.56. The molecule has 1 aromatic carbocycles. The molecule has 3 aromatic rings. The van der Waals surface area contributed by atoms with Crippen molar-refractivity contribution in [3.63, 3.8) is 0 Å². The van der Waals surface area contributed by atoms with Crippen LogP contribution in [0.25, 0.3) is 0 Å². The van der Waals surface area contributed by atoms with Crippen LogP contribution in [0.15, 0.2) is 52.6 Å². The second-order valence-electron chi connectivity index (χ2n) is 7.17. The molecule has 0 aliphatic rings. The lowest BCUT2D eigenvalue weighted by Crippen LogP contribution is -2.18. The summed E-state index contributed by atoms with van der Waals surface area (Å²) in [5.74, 6) is 0.545. The van der Waals surface area contributed by atoms with Crippen LogP contribution in [0.1, 0.15) is 56.3 Å². The number of hydrogen-bond donors (Lipinski definition) is 2. The van der Waals surface area contributed by atoms with Gasteiger partial charge in [-0.25, -0.2) is 9.78 Å². The fraction of sp³-hybridized carbons (Fsp3) is 0.348. The molecule has 2 heterocycles. The third kappa shape index (κ3) is 6.48. The molecular weight excluding hydrogens is 448 g/mol. The van der Waals surface area contributed by atoms with E-state index in [1.807, 2.05) is 63.5 Å². The van der Waals surface area contributed by atoms with Crippen LogP contribution in [-0.4, -0.2) is 25.2 Å². The molecule has 0 spiro atoms. The summed E-state index contributed by atoms with van der Waals surface area (Å²) >= 11 is 4.94. The fourth-order valence-electron chi connectivity index (χ4n) is 3.09. The number of primary amides is 1. The molecule has 1 unspecified atom stereocenters. The van der Waals surface area contributed by atoms with Gasteiger partial charge in [-0.05, 0) is 36.2 Å². The molecule has 0 saturated heterocycles. The quantitative estimate of drug-likeness (QED) is 0.434. The van der Waals surface area contributed by atoms with Crippen LogP contribution < -0.4 is 5.73 Å². The van der Waals surface area contributed by atoms with Crippen LogP contribution in [-0.2, 0) is 29.1 Å². The van der Waals surface area contributed by atoms with E-state index in [0.29, 0.717) is 27.3 Å². The van der Waals surface area contributed by atoms with E-state index >= 15 is 0 Å². The Bertz CT molecular complexity index is 1020. The van der Waals surface area contributed by atoms with Crippen molar-refractivity contribution in [1.29, 1.82) is 0 Å². The summed E-state index contributed by atoms with van der Waals surface area (Å²) in [7, 11) is 0. The highest BCUT2D eigenvalue weighted by atomic mass is 35.5. The number of ether oxygens (including phenoxy) is 1. The van der Waals surface area contributed by atoms with Crippen molar-refractivity contribution >= 4 is 28.9 Å². The van der Waals surface area contributed by atoms with E-state index in [9.17, 15) is 9.35 Å². The van der Waals surface area contributed by atoms with Crippen LogP contribution >= 0.6 is 11.6 Å². The molecule has 0 aliphatic carbocycles. The van der Waals surface area contributed by atoms with Gasteiger partial charge in [0.25, 0.3) is 5.03 Å². The van der Waals surface area contributed by atoms with E-state index in [1.165, 1.54) is 0 Å². The number of rotatable bonds is 7. The van der Waals surface area contributed by atoms with Crippen molar-refractivity contribution in [1.82, 2.24) is 14.5 Å². The molecule has 7 nitrogen and oxygen atoms in total. The smallest absolute Gasteiger partial charge is 0.404 e. The number of nitrogens with two attached hydrogens (primary N) is 1. The third-order valence-electron chi connectivity index (χ3n) is 4.43. The molecule has 2 aromatic heterocycles. The first-order chi connectivity index (χ1) is 15.3.